The van der Waals surface area contributed by atoms with E-state index in [0.717, 1.165) is 13.2 Å². The molecule has 3 fully saturated rings. The van der Waals surface area contributed by atoms with Crippen molar-refractivity contribution in [1.29, 1.82) is 5.26 Å². The lowest BCUT2D eigenvalue weighted by molar-refractivity contribution is 0.00626. The second-order valence-corrected chi connectivity index (χ2v) is 7.63. The van der Waals surface area contributed by atoms with Crippen LogP contribution in [0.4, 0.5) is 0 Å². The Bertz CT molecular complexity index is 869. The lowest BCUT2D eigenvalue weighted by Crippen LogP contribution is -2.31. The number of rotatable bonds is 1. The second kappa shape index (κ2) is 3.68. The highest BCUT2D eigenvalue weighted by Crippen LogP contribution is 2.94. The summed E-state index contributed by atoms with van der Waals surface area (Å²) in [5.41, 5.74) is 4.03. The maximum Gasteiger partial charge on any atom is 0.0811 e. The molecule has 112 valence electrons. The molecule has 3 aliphatic carbocycles. The summed E-state index contributed by atoms with van der Waals surface area (Å²) in [7, 11) is 0. The first-order valence-corrected chi connectivity index (χ1v) is 8.49. The van der Waals surface area contributed by atoms with Crippen molar-refractivity contribution in [3.8, 4) is 6.07 Å². The minimum Gasteiger partial charge on any atom is -0.380 e. The van der Waals surface area contributed by atoms with E-state index < -0.39 is 0 Å². The third-order valence-electron chi connectivity index (χ3n) is 7.20. The Labute approximate surface area is 135 Å². The third-order valence-corrected chi connectivity index (χ3v) is 7.20. The topological polar surface area (TPSA) is 33.0 Å². The molecule has 2 bridgehead atoms. The maximum atomic E-state index is 10.3. The van der Waals surface area contributed by atoms with Gasteiger partial charge in [-0.3, -0.25) is 0 Å². The van der Waals surface area contributed by atoms with Gasteiger partial charge >= 0.3 is 0 Å². The standard InChI is InChI=1S/C21H17NO/c22-11-20-17(13-6-2-1-3-7-13)16-10-23-12-21(20)18(16)14-8-4-5-9-15(14)19(20)21/h1-9,16-19H,10,12H2/t16-,17-,18+,19-,20+,21?/m0/s1. The average Bonchev–Trinajstić information content (AvgIpc) is 3.01. The number of fused-ring (bicyclic) bond motifs is 3. The number of hydrogen-bond donors (Lipinski definition) is 0. The maximum absolute atomic E-state index is 10.3. The summed E-state index contributed by atoms with van der Waals surface area (Å²) in [6, 6.07) is 22.3. The van der Waals surface area contributed by atoms with Crippen LogP contribution in [-0.2, 0) is 4.74 Å². The highest BCUT2D eigenvalue weighted by Gasteiger charge is 2.92. The molecule has 2 aromatic rings. The first-order valence-electron chi connectivity index (χ1n) is 8.49. The highest BCUT2D eigenvalue weighted by molar-refractivity contribution is 5.64. The molecule has 23 heavy (non-hydrogen) atoms. The van der Waals surface area contributed by atoms with E-state index in [2.05, 4.69) is 60.7 Å². The largest absolute Gasteiger partial charge is 0.380 e. The van der Waals surface area contributed by atoms with Gasteiger partial charge in [-0.1, -0.05) is 54.6 Å². The first-order chi connectivity index (χ1) is 11.4. The van der Waals surface area contributed by atoms with Crippen LogP contribution in [-0.4, -0.2) is 13.2 Å². The second-order valence-electron chi connectivity index (χ2n) is 7.63. The highest BCUT2D eigenvalue weighted by atomic mass is 16.5. The van der Waals surface area contributed by atoms with Crippen LogP contribution in [0.25, 0.3) is 0 Å². The molecule has 1 aliphatic heterocycles. The quantitative estimate of drug-likeness (QED) is 0.802. The Morgan fingerprint density at radius 1 is 0.957 bits per heavy atom. The number of nitriles is 1. The Morgan fingerprint density at radius 2 is 1.70 bits per heavy atom. The van der Waals surface area contributed by atoms with E-state index in [9.17, 15) is 5.26 Å². The summed E-state index contributed by atoms with van der Waals surface area (Å²) in [5, 5.41) is 10.3. The molecule has 2 aromatic carbocycles. The van der Waals surface area contributed by atoms with Gasteiger partial charge in [-0.05, 0) is 28.5 Å². The van der Waals surface area contributed by atoms with Crippen molar-refractivity contribution in [2.24, 2.45) is 16.7 Å². The van der Waals surface area contributed by atoms with E-state index in [0.29, 0.717) is 23.7 Å². The number of benzene rings is 2. The van der Waals surface area contributed by atoms with Gasteiger partial charge in [0.05, 0.1) is 24.7 Å². The third kappa shape index (κ3) is 1.05. The van der Waals surface area contributed by atoms with Gasteiger partial charge in [0.15, 0.2) is 0 Å². The Hall–Kier alpha value is -2.11. The number of ether oxygens (including phenoxy) is 1. The van der Waals surface area contributed by atoms with Crippen molar-refractivity contribution in [3.05, 3.63) is 71.3 Å². The zero-order valence-electron chi connectivity index (χ0n) is 12.8. The van der Waals surface area contributed by atoms with Crippen molar-refractivity contribution < 1.29 is 4.74 Å². The molecule has 6 rings (SSSR count). The fourth-order valence-electron chi connectivity index (χ4n) is 6.75. The van der Waals surface area contributed by atoms with Crippen molar-refractivity contribution in [3.63, 3.8) is 0 Å². The molecule has 2 heteroatoms. The predicted octanol–water partition coefficient (Wildman–Crippen LogP) is 3.82. The number of hydrogen-bond acceptors (Lipinski definition) is 2. The van der Waals surface area contributed by atoms with Gasteiger partial charge in [-0.2, -0.15) is 5.26 Å². The molecule has 2 nitrogen and oxygen atoms in total. The average molecular weight is 299 g/mol. The van der Waals surface area contributed by atoms with E-state index in [4.69, 9.17) is 4.74 Å². The van der Waals surface area contributed by atoms with Gasteiger partial charge < -0.3 is 4.74 Å². The van der Waals surface area contributed by atoms with Crippen LogP contribution in [0.2, 0.25) is 0 Å². The molecule has 1 saturated heterocycles. The molecular weight excluding hydrogens is 282 g/mol. The smallest absolute Gasteiger partial charge is 0.0811 e. The van der Waals surface area contributed by atoms with Crippen LogP contribution >= 0.6 is 0 Å². The summed E-state index contributed by atoms with van der Waals surface area (Å²) in [6.45, 7) is 1.54. The monoisotopic (exact) mass is 299 g/mol. The van der Waals surface area contributed by atoms with Gasteiger partial charge in [-0.15, -0.1) is 0 Å². The zero-order valence-corrected chi connectivity index (χ0v) is 12.8. The fourth-order valence-corrected chi connectivity index (χ4v) is 6.75. The van der Waals surface area contributed by atoms with Gasteiger partial charge in [0.2, 0.25) is 0 Å². The fraction of sp³-hybridized carbons (Fsp3) is 0.381. The van der Waals surface area contributed by atoms with E-state index in [-0.39, 0.29) is 10.8 Å². The first kappa shape index (κ1) is 12.3. The van der Waals surface area contributed by atoms with Gasteiger partial charge in [0.1, 0.15) is 0 Å². The predicted molar refractivity (Wildman–Crippen MR) is 85.9 cm³/mol. The Kier molecular flexibility index (Phi) is 1.98. The van der Waals surface area contributed by atoms with E-state index in [1.54, 1.807) is 0 Å². The molecule has 1 heterocycles. The Morgan fingerprint density at radius 3 is 2.48 bits per heavy atom. The summed E-state index contributed by atoms with van der Waals surface area (Å²) in [6.07, 6.45) is 0. The van der Waals surface area contributed by atoms with Crippen LogP contribution in [0.3, 0.4) is 0 Å². The summed E-state index contributed by atoms with van der Waals surface area (Å²) in [4.78, 5) is 0. The van der Waals surface area contributed by atoms with Crippen molar-refractivity contribution in [2.75, 3.05) is 13.2 Å². The molecule has 1 unspecified atom stereocenters. The van der Waals surface area contributed by atoms with Crippen LogP contribution in [0.15, 0.2) is 54.6 Å². The van der Waals surface area contributed by atoms with Crippen LogP contribution in [0, 0.1) is 28.1 Å². The SMILES string of the molecule is N#C[C@@]12[C@@H]3c4ccccc4[C@@H]4[C@@H](COCC431)[C@@H]2c1ccccc1. The summed E-state index contributed by atoms with van der Waals surface area (Å²) < 4.78 is 6.04. The number of nitrogens with zero attached hydrogens (tertiary/aromatic N) is 1. The van der Waals surface area contributed by atoms with Gasteiger partial charge in [0, 0.05) is 17.3 Å². The van der Waals surface area contributed by atoms with Crippen molar-refractivity contribution >= 4 is 0 Å². The molecule has 1 spiro atoms. The molecule has 2 saturated carbocycles. The van der Waals surface area contributed by atoms with Crippen molar-refractivity contribution in [2.45, 2.75) is 17.8 Å². The van der Waals surface area contributed by atoms with Crippen LogP contribution in [0.5, 0.6) is 0 Å². The molecule has 0 aromatic heterocycles. The summed E-state index contributed by atoms with van der Waals surface area (Å²) in [5.74, 6) is 1.61. The molecule has 0 N–H and O–H groups in total. The minimum absolute atomic E-state index is 0.0366. The molecule has 0 amide bonds. The van der Waals surface area contributed by atoms with E-state index in [1.807, 2.05) is 0 Å². The molecule has 4 aliphatic rings. The van der Waals surface area contributed by atoms with Gasteiger partial charge in [0.25, 0.3) is 0 Å². The van der Waals surface area contributed by atoms with Gasteiger partial charge in [-0.25, -0.2) is 0 Å². The van der Waals surface area contributed by atoms with Crippen LogP contribution < -0.4 is 0 Å². The lowest BCUT2D eigenvalue weighted by atomic mass is 9.75. The Balaban J connectivity index is 1.65. The zero-order chi connectivity index (χ0) is 15.2. The molecule has 0 radical (unpaired) electrons. The minimum atomic E-state index is -0.255. The van der Waals surface area contributed by atoms with E-state index in [1.165, 1.54) is 16.7 Å². The van der Waals surface area contributed by atoms with Crippen molar-refractivity contribution in [1.82, 2.24) is 0 Å². The van der Waals surface area contributed by atoms with E-state index >= 15 is 0 Å². The normalized spacial score (nSPS) is 44.3. The summed E-state index contributed by atoms with van der Waals surface area (Å²) >= 11 is 0. The van der Waals surface area contributed by atoms with Crippen LogP contribution in [0.1, 0.15) is 34.4 Å². The lowest BCUT2D eigenvalue weighted by Gasteiger charge is -2.33. The molecule has 6 atom stereocenters. The molecular formula is C21H17NO.